The Kier molecular flexibility index (Phi) is 5.58. The number of aliphatic imine (C=N–C) groups is 1. The highest BCUT2D eigenvalue weighted by Crippen LogP contribution is 2.52. The van der Waals surface area contributed by atoms with Crippen LogP contribution >= 0.6 is 11.6 Å². The largest absolute Gasteiger partial charge is 0.434 e. The van der Waals surface area contributed by atoms with Gasteiger partial charge in [-0.05, 0) is 24.6 Å². The molecule has 0 amide bonds. The SMILES string of the molecule is CN=C(NCc1cc(Cl)ccc1OC(F)F)NC1C2CCOC2C1(C)C. The van der Waals surface area contributed by atoms with Crippen LogP contribution in [0.25, 0.3) is 0 Å². The summed E-state index contributed by atoms with van der Waals surface area (Å²) < 4.78 is 35.5. The number of benzene rings is 1. The first kappa shape index (κ1) is 19.2. The Hall–Kier alpha value is -1.60. The molecule has 1 saturated carbocycles. The van der Waals surface area contributed by atoms with Crippen LogP contribution in [0.4, 0.5) is 8.78 Å². The molecule has 3 unspecified atom stereocenters. The van der Waals surface area contributed by atoms with Crippen LogP contribution in [0.15, 0.2) is 23.2 Å². The summed E-state index contributed by atoms with van der Waals surface area (Å²) in [5.41, 5.74) is 0.550. The van der Waals surface area contributed by atoms with Gasteiger partial charge in [0, 0.05) is 48.2 Å². The third-order valence-corrected chi connectivity index (χ3v) is 5.54. The molecule has 0 radical (unpaired) electrons. The van der Waals surface area contributed by atoms with Gasteiger partial charge in [0.15, 0.2) is 5.96 Å². The van der Waals surface area contributed by atoms with Crippen LogP contribution in [-0.4, -0.2) is 38.4 Å². The van der Waals surface area contributed by atoms with Crippen molar-refractivity contribution in [2.24, 2.45) is 16.3 Å². The Morgan fingerprint density at radius 3 is 2.92 bits per heavy atom. The van der Waals surface area contributed by atoms with Crippen LogP contribution in [-0.2, 0) is 11.3 Å². The van der Waals surface area contributed by atoms with Crippen molar-refractivity contribution in [2.75, 3.05) is 13.7 Å². The van der Waals surface area contributed by atoms with Crippen molar-refractivity contribution < 1.29 is 18.3 Å². The van der Waals surface area contributed by atoms with Gasteiger partial charge in [-0.15, -0.1) is 0 Å². The molecule has 0 bridgehead atoms. The second-order valence-electron chi connectivity index (χ2n) is 7.24. The lowest BCUT2D eigenvalue weighted by Gasteiger charge is -2.54. The Labute approximate surface area is 157 Å². The van der Waals surface area contributed by atoms with Crippen molar-refractivity contribution in [3.05, 3.63) is 28.8 Å². The van der Waals surface area contributed by atoms with Crippen molar-refractivity contribution in [1.82, 2.24) is 10.6 Å². The maximum atomic E-state index is 12.6. The standard InChI is InChI=1S/C18H24ClF2N3O2/c1-18(2)14(12-6-7-25-15(12)18)24-17(22-3)23-9-10-8-11(19)4-5-13(10)26-16(20)21/h4-5,8,12,14-16H,6-7,9H2,1-3H3,(H2,22,23,24). The van der Waals surface area contributed by atoms with Gasteiger partial charge in [0.2, 0.25) is 0 Å². The summed E-state index contributed by atoms with van der Waals surface area (Å²) in [4.78, 5) is 4.25. The van der Waals surface area contributed by atoms with Gasteiger partial charge in [-0.2, -0.15) is 8.78 Å². The first-order valence-electron chi connectivity index (χ1n) is 8.65. The first-order valence-corrected chi connectivity index (χ1v) is 9.02. The average molecular weight is 388 g/mol. The number of rotatable bonds is 5. The predicted octanol–water partition coefficient (Wildman–Crippen LogP) is 3.42. The van der Waals surface area contributed by atoms with E-state index in [-0.39, 0.29) is 29.9 Å². The van der Waals surface area contributed by atoms with E-state index in [1.54, 1.807) is 13.1 Å². The van der Waals surface area contributed by atoms with E-state index in [1.807, 2.05) is 0 Å². The number of guanidine groups is 1. The van der Waals surface area contributed by atoms with Gasteiger partial charge >= 0.3 is 6.61 Å². The highest BCUT2D eigenvalue weighted by molar-refractivity contribution is 6.30. The van der Waals surface area contributed by atoms with Gasteiger partial charge < -0.3 is 20.1 Å². The minimum absolute atomic E-state index is 0.0127. The molecule has 0 aromatic heterocycles. The molecule has 1 aromatic rings. The minimum atomic E-state index is -2.89. The van der Waals surface area contributed by atoms with E-state index < -0.39 is 6.61 Å². The van der Waals surface area contributed by atoms with E-state index in [1.165, 1.54) is 12.1 Å². The normalized spacial score (nSPS) is 27.0. The second-order valence-corrected chi connectivity index (χ2v) is 7.68. The van der Waals surface area contributed by atoms with E-state index >= 15 is 0 Å². The summed E-state index contributed by atoms with van der Waals surface area (Å²) >= 11 is 5.99. The Balaban J connectivity index is 1.64. The van der Waals surface area contributed by atoms with Gasteiger partial charge in [-0.25, -0.2) is 0 Å². The molecular formula is C18H24ClF2N3O2. The number of halogens is 3. The Bertz CT molecular complexity index is 684. The molecule has 144 valence electrons. The van der Waals surface area contributed by atoms with Crippen LogP contribution in [0.1, 0.15) is 25.8 Å². The van der Waals surface area contributed by atoms with Crippen molar-refractivity contribution in [1.29, 1.82) is 0 Å². The van der Waals surface area contributed by atoms with E-state index in [9.17, 15) is 8.78 Å². The molecule has 0 spiro atoms. The number of hydrogen-bond donors (Lipinski definition) is 2. The highest BCUT2D eigenvalue weighted by Gasteiger charge is 2.59. The maximum Gasteiger partial charge on any atom is 0.387 e. The topological polar surface area (TPSA) is 54.9 Å². The third kappa shape index (κ3) is 3.74. The fraction of sp³-hybridized carbons (Fsp3) is 0.611. The van der Waals surface area contributed by atoms with Crippen LogP contribution in [0, 0.1) is 11.3 Å². The third-order valence-electron chi connectivity index (χ3n) is 5.30. The number of nitrogens with one attached hydrogen (secondary N) is 2. The second kappa shape index (κ2) is 7.56. The molecule has 2 N–H and O–H groups in total. The van der Waals surface area contributed by atoms with Gasteiger partial charge in [-0.3, -0.25) is 4.99 Å². The molecule has 2 aliphatic rings. The molecule has 3 rings (SSSR count). The number of alkyl halides is 2. The number of ether oxygens (including phenoxy) is 2. The van der Waals surface area contributed by atoms with Crippen molar-refractivity contribution in [3.63, 3.8) is 0 Å². The fourth-order valence-electron chi connectivity index (χ4n) is 4.04. The lowest BCUT2D eigenvalue weighted by molar-refractivity contribution is -0.106. The molecular weight excluding hydrogens is 364 g/mol. The highest BCUT2D eigenvalue weighted by atomic mass is 35.5. The van der Waals surface area contributed by atoms with E-state index in [4.69, 9.17) is 16.3 Å². The average Bonchev–Trinajstić information content (AvgIpc) is 3.04. The smallest absolute Gasteiger partial charge is 0.387 e. The van der Waals surface area contributed by atoms with Gasteiger partial charge in [0.1, 0.15) is 5.75 Å². The molecule has 1 saturated heterocycles. The molecule has 8 heteroatoms. The lowest BCUT2D eigenvalue weighted by Crippen LogP contribution is -2.67. The van der Waals surface area contributed by atoms with Crippen LogP contribution in [0.3, 0.4) is 0 Å². The van der Waals surface area contributed by atoms with Gasteiger partial charge in [0.05, 0.1) is 6.10 Å². The molecule has 1 aromatic carbocycles. The Morgan fingerprint density at radius 2 is 2.23 bits per heavy atom. The number of fused-ring (bicyclic) bond motifs is 1. The minimum Gasteiger partial charge on any atom is -0.434 e. The molecule has 26 heavy (non-hydrogen) atoms. The van der Waals surface area contributed by atoms with E-state index in [0.717, 1.165) is 13.0 Å². The summed E-state index contributed by atoms with van der Waals surface area (Å²) in [6.45, 7) is 2.52. The zero-order valence-electron chi connectivity index (χ0n) is 15.1. The number of hydrogen-bond acceptors (Lipinski definition) is 3. The molecule has 1 aliphatic heterocycles. The van der Waals surface area contributed by atoms with Crippen LogP contribution in [0.5, 0.6) is 5.75 Å². The summed E-state index contributed by atoms with van der Waals surface area (Å²) in [5, 5.41) is 7.06. The summed E-state index contributed by atoms with van der Waals surface area (Å²) in [7, 11) is 1.68. The van der Waals surface area contributed by atoms with Crippen LogP contribution < -0.4 is 15.4 Å². The monoisotopic (exact) mass is 387 g/mol. The molecule has 1 aliphatic carbocycles. The van der Waals surface area contributed by atoms with Crippen LogP contribution in [0.2, 0.25) is 5.02 Å². The zero-order valence-corrected chi connectivity index (χ0v) is 15.8. The molecule has 5 nitrogen and oxygen atoms in total. The van der Waals surface area contributed by atoms with Gasteiger partial charge in [0.25, 0.3) is 0 Å². The molecule has 2 fully saturated rings. The quantitative estimate of drug-likeness (QED) is 0.600. The molecule has 1 heterocycles. The zero-order chi connectivity index (χ0) is 18.9. The fourth-order valence-corrected chi connectivity index (χ4v) is 4.23. The van der Waals surface area contributed by atoms with Crippen molar-refractivity contribution >= 4 is 17.6 Å². The molecule has 3 atom stereocenters. The number of nitrogens with zero attached hydrogens (tertiary/aromatic N) is 1. The first-order chi connectivity index (χ1) is 12.3. The van der Waals surface area contributed by atoms with Crippen molar-refractivity contribution in [2.45, 2.75) is 45.6 Å². The predicted molar refractivity (Wildman–Crippen MR) is 96.8 cm³/mol. The van der Waals surface area contributed by atoms with Gasteiger partial charge in [-0.1, -0.05) is 25.4 Å². The summed E-state index contributed by atoms with van der Waals surface area (Å²) in [5.74, 6) is 1.17. The summed E-state index contributed by atoms with van der Waals surface area (Å²) in [6, 6.07) is 4.81. The van der Waals surface area contributed by atoms with E-state index in [2.05, 4.69) is 34.2 Å². The summed E-state index contributed by atoms with van der Waals surface area (Å²) in [6.07, 6.45) is 1.31. The lowest BCUT2D eigenvalue weighted by atomic mass is 9.57. The maximum absolute atomic E-state index is 12.6. The van der Waals surface area contributed by atoms with Crippen molar-refractivity contribution in [3.8, 4) is 5.75 Å². The Morgan fingerprint density at radius 1 is 1.46 bits per heavy atom. The van der Waals surface area contributed by atoms with E-state index in [0.29, 0.717) is 22.5 Å².